The van der Waals surface area contributed by atoms with Gasteiger partial charge in [-0.1, -0.05) is 48.9 Å². The zero-order chi connectivity index (χ0) is 30.3. The van der Waals surface area contributed by atoms with Crippen LogP contribution in [0.25, 0.3) is 0 Å². The fourth-order valence-corrected chi connectivity index (χ4v) is 5.84. The lowest BCUT2D eigenvalue weighted by atomic mass is 10.1. The van der Waals surface area contributed by atoms with Crippen molar-refractivity contribution in [1.29, 1.82) is 0 Å². The molecule has 2 atom stereocenters. The van der Waals surface area contributed by atoms with Gasteiger partial charge in [0.25, 0.3) is 10.0 Å². The van der Waals surface area contributed by atoms with Crippen LogP contribution in [0.4, 0.5) is 5.69 Å². The first-order chi connectivity index (χ1) is 19.4. The third-order valence-corrected chi connectivity index (χ3v) is 9.16. The maximum atomic E-state index is 14.1. The van der Waals surface area contributed by atoms with Crippen molar-refractivity contribution >= 4 is 27.5 Å². The third-order valence-electron chi connectivity index (χ3n) is 7.39. The predicted octanol–water partition coefficient (Wildman–Crippen LogP) is 5.15. The first kappa shape index (κ1) is 31.7. The number of amides is 2. The molecule has 2 unspecified atom stereocenters. The van der Waals surface area contributed by atoms with Gasteiger partial charge in [-0.05, 0) is 88.1 Å². The summed E-state index contributed by atoms with van der Waals surface area (Å²) >= 11 is 0. The number of nitrogens with one attached hydrogen (secondary N) is 1. The van der Waals surface area contributed by atoms with Crippen molar-refractivity contribution in [2.75, 3.05) is 18.0 Å². The molecule has 41 heavy (non-hydrogen) atoms. The lowest BCUT2D eigenvalue weighted by molar-refractivity contribution is -0.139. The topological polar surface area (TPSA) is 96.0 Å². The number of anilines is 1. The highest BCUT2D eigenvalue weighted by Gasteiger charge is 2.33. The van der Waals surface area contributed by atoms with E-state index in [1.54, 1.807) is 62.6 Å². The van der Waals surface area contributed by atoms with Crippen molar-refractivity contribution in [2.45, 2.75) is 71.5 Å². The number of carbonyl (C=O) groups is 2. The molecular weight excluding hydrogens is 538 g/mol. The van der Waals surface area contributed by atoms with Gasteiger partial charge in [0.15, 0.2) is 0 Å². The molecule has 0 spiro atoms. The van der Waals surface area contributed by atoms with E-state index in [0.29, 0.717) is 11.4 Å². The summed E-state index contributed by atoms with van der Waals surface area (Å²) in [7, 11) is -2.57. The van der Waals surface area contributed by atoms with Crippen LogP contribution in [-0.4, -0.2) is 50.9 Å². The number of aryl methyl sites for hydroxylation is 2. The second kappa shape index (κ2) is 13.7. The van der Waals surface area contributed by atoms with E-state index in [-0.39, 0.29) is 23.4 Å². The van der Waals surface area contributed by atoms with Gasteiger partial charge < -0.3 is 15.0 Å². The number of ether oxygens (including phenoxy) is 1. The van der Waals surface area contributed by atoms with Gasteiger partial charge in [-0.25, -0.2) is 8.42 Å². The van der Waals surface area contributed by atoms with E-state index in [1.165, 1.54) is 4.90 Å². The summed E-state index contributed by atoms with van der Waals surface area (Å²) in [5.74, 6) is -0.197. The summed E-state index contributed by atoms with van der Waals surface area (Å²) in [6, 6.07) is 18.2. The molecule has 0 heterocycles. The van der Waals surface area contributed by atoms with Crippen molar-refractivity contribution in [3.05, 3.63) is 89.0 Å². The van der Waals surface area contributed by atoms with Crippen LogP contribution in [0.5, 0.6) is 5.75 Å². The van der Waals surface area contributed by atoms with Crippen molar-refractivity contribution < 1.29 is 22.7 Å². The monoisotopic (exact) mass is 579 g/mol. The van der Waals surface area contributed by atoms with Gasteiger partial charge >= 0.3 is 0 Å². The zero-order valence-corrected chi connectivity index (χ0v) is 25.8. The van der Waals surface area contributed by atoms with E-state index in [1.807, 2.05) is 52.8 Å². The average molecular weight is 580 g/mol. The Morgan fingerprint density at radius 3 is 2.24 bits per heavy atom. The fraction of sp³-hybridized carbons (Fsp3) is 0.375. The Labute approximate surface area is 244 Å². The summed E-state index contributed by atoms with van der Waals surface area (Å²) in [6.07, 6.45) is 0.734. The molecule has 2 amide bonds. The van der Waals surface area contributed by atoms with Gasteiger partial charge in [-0.2, -0.15) is 0 Å². The molecule has 0 aromatic heterocycles. The molecule has 3 aromatic carbocycles. The molecule has 1 N–H and O–H groups in total. The van der Waals surface area contributed by atoms with Gasteiger partial charge in [0, 0.05) is 12.6 Å². The van der Waals surface area contributed by atoms with Crippen LogP contribution in [0.3, 0.4) is 0 Å². The molecular formula is C32H41N3O5S. The highest BCUT2D eigenvalue weighted by Crippen LogP contribution is 2.29. The quantitative estimate of drug-likeness (QED) is 0.320. The second-order valence-corrected chi connectivity index (χ2v) is 12.3. The first-order valence-corrected chi connectivity index (χ1v) is 15.2. The van der Waals surface area contributed by atoms with Crippen LogP contribution in [0.15, 0.2) is 71.6 Å². The molecule has 0 bridgehead atoms. The molecule has 8 nitrogen and oxygen atoms in total. The highest BCUT2D eigenvalue weighted by atomic mass is 32.2. The number of nitrogens with zero attached hydrogens (tertiary/aromatic N) is 2. The van der Waals surface area contributed by atoms with Gasteiger partial charge in [-0.15, -0.1) is 0 Å². The van der Waals surface area contributed by atoms with Crippen molar-refractivity contribution in [2.24, 2.45) is 0 Å². The first-order valence-electron chi connectivity index (χ1n) is 13.8. The minimum absolute atomic E-state index is 0.0768. The maximum absolute atomic E-state index is 14.1. The molecule has 0 aliphatic heterocycles. The molecule has 0 saturated heterocycles. The molecule has 0 saturated carbocycles. The number of hydrogen-bond acceptors (Lipinski definition) is 5. The van der Waals surface area contributed by atoms with E-state index in [9.17, 15) is 18.0 Å². The smallest absolute Gasteiger partial charge is 0.264 e. The Morgan fingerprint density at radius 2 is 1.61 bits per heavy atom. The molecule has 0 fully saturated rings. The summed E-state index contributed by atoms with van der Waals surface area (Å²) in [5.41, 5.74) is 3.73. The number of sulfonamides is 1. The van der Waals surface area contributed by atoms with Gasteiger partial charge in [-0.3, -0.25) is 13.9 Å². The Morgan fingerprint density at radius 1 is 0.951 bits per heavy atom. The van der Waals surface area contributed by atoms with Gasteiger partial charge in [0.05, 0.1) is 17.7 Å². The van der Waals surface area contributed by atoms with Crippen LogP contribution in [-0.2, 0) is 26.2 Å². The predicted molar refractivity (Wildman–Crippen MR) is 163 cm³/mol. The standard InChI is InChI=1S/C32H41N3O5S/c1-8-24(4)33-32(37)26(6)34(20-27-12-10-13-28(19-27)40-7)31(36)21-35(30-14-9-11-23(3)25(30)5)41(38,39)29-17-15-22(2)16-18-29/h9-19,24,26H,8,20-21H2,1-7H3,(H,33,37). The van der Waals surface area contributed by atoms with Crippen LogP contribution in [0.2, 0.25) is 0 Å². The Hall–Kier alpha value is -3.85. The number of rotatable bonds is 12. The fourth-order valence-electron chi connectivity index (χ4n) is 4.37. The lowest BCUT2D eigenvalue weighted by Crippen LogP contribution is -2.52. The second-order valence-electron chi connectivity index (χ2n) is 10.4. The molecule has 3 aromatic rings. The minimum Gasteiger partial charge on any atom is -0.497 e. The Balaban J connectivity index is 2.08. The van der Waals surface area contributed by atoms with Crippen molar-refractivity contribution in [3.8, 4) is 5.75 Å². The number of methoxy groups -OCH3 is 1. The highest BCUT2D eigenvalue weighted by molar-refractivity contribution is 7.92. The molecule has 220 valence electrons. The summed E-state index contributed by atoms with van der Waals surface area (Å²) in [6.45, 7) is 10.7. The van der Waals surface area contributed by atoms with E-state index in [4.69, 9.17) is 4.74 Å². The SMILES string of the molecule is CCC(C)NC(=O)C(C)N(Cc1cccc(OC)c1)C(=O)CN(c1cccc(C)c1C)S(=O)(=O)c1ccc(C)cc1. The van der Waals surface area contributed by atoms with Gasteiger partial charge in [0.2, 0.25) is 11.8 Å². The van der Waals surface area contributed by atoms with Gasteiger partial charge in [0.1, 0.15) is 18.3 Å². The van der Waals surface area contributed by atoms with Crippen molar-refractivity contribution in [3.63, 3.8) is 0 Å². The van der Waals surface area contributed by atoms with Crippen LogP contribution < -0.4 is 14.4 Å². The lowest BCUT2D eigenvalue weighted by Gasteiger charge is -2.33. The van der Waals surface area contributed by atoms with Crippen LogP contribution in [0.1, 0.15) is 49.4 Å². The summed E-state index contributed by atoms with van der Waals surface area (Å²) < 4.78 is 34.6. The summed E-state index contributed by atoms with van der Waals surface area (Å²) in [4.78, 5) is 28.8. The molecule has 0 aliphatic carbocycles. The number of benzene rings is 3. The molecule has 9 heteroatoms. The molecule has 3 rings (SSSR count). The molecule has 0 aliphatic rings. The Bertz CT molecular complexity index is 1470. The van der Waals surface area contributed by atoms with Crippen LogP contribution >= 0.6 is 0 Å². The number of hydrogen-bond donors (Lipinski definition) is 1. The molecule has 0 radical (unpaired) electrons. The normalized spacial score (nSPS) is 12.8. The largest absolute Gasteiger partial charge is 0.497 e. The Kier molecular flexibility index (Phi) is 10.6. The minimum atomic E-state index is -4.13. The van der Waals surface area contributed by atoms with E-state index >= 15 is 0 Å². The van der Waals surface area contributed by atoms with E-state index in [2.05, 4.69) is 5.32 Å². The number of carbonyl (C=O) groups excluding carboxylic acids is 2. The van der Waals surface area contributed by atoms with E-state index < -0.39 is 28.5 Å². The van der Waals surface area contributed by atoms with E-state index in [0.717, 1.165) is 33.0 Å². The average Bonchev–Trinajstić information content (AvgIpc) is 2.95. The van der Waals surface area contributed by atoms with Crippen molar-refractivity contribution in [1.82, 2.24) is 10.2 Å². The maximum Gasteiger partial charge on any atom is 0.264 e. The summed E-state index contributed by atoms with van der Waals surface area (Å²) in [5, 5.41) is 2.95. The zero-order valence-electron chi connectivity index (χ0n) is 25.0. The van der Waals surface area contributed by atoms with Crippen LogP contribution in [0, 0.1) is 20.8 Å². The third kappa shape index (κ3) is 7.67.